The van der Waals surface area contributed by atoms with Gasteiger partial charge in [0.05, 0.1) is 0 Å². The molecule has 0 saturated carbocycles. The number of nitrogens with zero attached hydrogens (tertiary/aromatic N) is 1. The third-order valence-electron chi connectivity index (χ3n) is 4.97. The molecule has 126 valence electrons. The molecule has 0 aromatic carbocycles. The fraction of sp³-hybridized carbons (Fsp3) is 1.00. The number of likely N-dealkylation sites (tertiary alicyclic amines) is 1. The van der Waals surface area contributed by atoms with Gasteiger partial charge in [0.1, 0.15) is 0 Å². The molecule has 0 radical (unpaired) electrons. The maximum absolute atomic E-state index is 12.7. The lowest BCUT2D eigenvalue weighted by Crippen LogP contribution is -2.60. The predicted molar refractivity (Wildman–Crippen MR) is 81.5 cm³/mol. The predicted octanol–water partition coefficient (Wildman–Crippen LogP) is 4.35. The summed E-state index contributed by atoms with van der Waals surface area (Å²) in [7, 11) is 0. The number of hydrogen-bond donors (Lipinski definition) is 1. The van der Waals surface area contributed by atoms with Crippen molar-refractivity contribution < 1.29 is 13.2 Å². The first-order valence-corrected chi connectivity index (χ1v) is 8.44. The van der Waals surface area contributed by atoms with Crippen LogP contribution in [0.5, 0.6) is 0 Å². The molecule has 0 aromatic heterocycles. The van der Waals surface area contributed by atoms with Crippen LogP contribution in [0.2, 0.25) is 0 Å². The largest absolute Gasteiger partial charge is 0.389 e. The van der Waals surface area contributed by atoms with E-state index >= 15 is 0 Å². The molecule has 1 fully saturated rings. The molecular formula is C16H31F3N2. The lowest BCUT2D eigenvalue weighted by molar-refractivity contribution is -0.139. The normalized spacial score (nSPS) is 19.1. The van der Waals surface area contributed by atoms with E-state index in [-0.39, 0.29) is 18.0 Å². The number of alkyl halides is 3. The summed E-state index contributed by atoms with van der Waals surface area (Å²) in [4.78, 5) is 2.44. The zero-order valence-electron chi connectivity index (χ0n) is 13.7. The molecular weight excluding hydrogens is 277 g/mol. The molecule has 1 aliphatic heterocycles. The van der Waals surface area contributed by atoms with Crippen molar-refractivity contribution in [3.05, 3.63) is 0 Å². The van der Waals surface area contributed by atoms with E-state index in [2.05, 4.69) is 31.0 Å². The molecule has 0 spiro atoms. The van der Waals surface area contributed by atoms with Crippen LogP contribution in [-0.2, 0) is 0 Å². The van der Waals surface area contributed by atoms with Crippen LogP contribution >= 0.6 is 0 Å². The number of rotatable bonds is 9. The van der Waals surface area contributed by atoms with Gasteiger partial charge in [-0.05, 0) is 58.2 Å². The van der Waals surface area contributed by atoms with Crippen molar-refractivity contribution >= 4 is 0 Å². The van der Waals surface area contributed by atoms with Gasteiger partial charge in [-0.15, -0.1) is 0 Å². The highest BCUT2D eigenvalue weighted by Gasteiger charge is 2.43. The Balaban J connectivity index is 2.87. The Hall–Kier alpha value is -0.290. The van der Waals surface area contributed by atoms with Gasteiger partial charge in [0, 0.05) is 18.0 Å². The number of hydrogen-bond acceptors (Lipinski definition) is 2. The first-order valence-electron chi connectivity index (χ1n) is 8.44. The van der Waals surface area contributed by atoms with Gasteiger partial charge in [-0.1, -0.05) is 20.8 Å². The molecule has 1 unspecified atom stereocenters. The Kier molecular flexibility index (Phi) is 7.48. The quantitative estimate of drug-likeness (QED) is 0.681. The summed E-state index contributed by atoms with van der Waals surface area (Å²) in [6.45, 7) is 9.14. The van der Waals surface area contributed by atoms with Crippen LogP contribution in [0, 0.1) is 0 Å². The van der Waals surface area contributed by atoms with Crippen molar-refractivity contribution in [1.29, 1.82) is 0 Å². The van der Waals surface area contributed by atoms with E-state index in [1.54, 1.807) is 0 Å². The lowest BCUT2D eigenvalue weighted by atomic mass is 9.80. The third kappa shape index (κ3) is 5.13. The first kappa shape index (κ1) is 18.8. The van der Waals surface area contributed by atoms with Gasteiger partial charge in [0.15, 0.2) is 0 Å². The Labute approximate surface area is 127 Å². The first-order chi connectivity index (χ1) is 9.89. The molecule has 1 rings (SSSR count). The van der Waals surface area contributed by atoms with Gasteiger partial charge in [-0.25, -0.2) is 0 Å². The molecule has 1 atom stereocenters. The second-order valence-electron chi connectivity index (χ2n) is 6.17. The zero-order valence-corrected chi connectivity index (χ0v) is 13.7. The minimum absolute atomic E-state index is 0.0767. The van der Waals surface area contributed by atoms with Crippen LogP contribution in [0.4, 0.5) is 13.2 Å². The highest BCUT2D eigenvalue weighted by Crippen LogP contribution is 2.35. The van der Waals surface area contributed by atoms with E-state index in [0.29, 0.717) is 0 Å². The van der Waals surface area contributed by atoms with E-state index in [1.165, 1.54) is 12.8 Å². The summed E-state index contributed by atoms with van der Waals surface area (Å²) in [6.07, 6.45) is 0.524. The lowest BCUT2D eigenvalue weighted by Gasteiger charge is -2.47. The Morgan fingerprint density at radius 1 is 1.05 bits per heavy atom. The van der Waals surface area contributed by atoms with Crippen LogP contribution in [0.15, 0.2) is 0 Å². The van der Waals surface area contributed by atoms with Crippen molar-refractivity contribution in [3.8, 4) is 0 Å². The standard InChI is InChI=1S/C16H31F3N2/c1-4-11-20-14(9-10-16(17,18)19)15(5-2,6-3)21-12-7-8-13-21/h14,20H,4-13H2,1-3H3. The zero-order chi connectivity index (χ0) is 15.9. The monoisotopic (exact) mass is 308 g/mol. The van der Waals surface area contributed by atoms with Crippen LogP contribution in [0.25, 0.3) is 0 Å². The van der Waals surface area contributed by atoms with Gasteiger partial charge < -0.3 is 5.32 Å². The van der Waals surface area contributed by atoms with Crippen molar-refractivity contribution in [3.63, 3.8) is 0 Å². The maximum atomic E-state index is 12.7. The molecule has 0 aromatic rings. The molecule has 0 aliphatic carbocycles. The van der Waals surface area contributed by atoms with Crippen LogP contribution in [0.3, 0.4) is 0 Å². The topological polar surface area (TPSA) is 15.3 Å². The Bertz CT molecular complexity index is 282. The average molecular weight is 308 g/mol. The summed E-state index contributed by atoms with van der Waals surface area (Å²) in [5.41, 5.74) is -0.128. The minimum Gasteiger partial charge on any atom is -0.312 e. The van der Waals surface area contributed by atoms with E-state index < -0.39 is 12.6 Å². The molecule has 1 heterocycles. The van der Waals surface area contributed by atoms with Crippen LogP contribution in [0.1, 0.15) is 65.7 Å². The molecule has 1 aliphatic rings. The second kappa shape index (κ2) is 8.37. The van der Waals surface area contributed by atoms with E-state index in [1.807, 2.05) is 0 Å². The fourth-order valence-corrected chi connectivity index (χ4v) is 3.76. The van der Waals surface area contributed by atoms with Gasteiger partial charge in [-0.2, -0.15) is 13.2 Å². The van der Waals surface area contributed by atoms with Crippen LogP contribution in [-0.4, -0.2) is 42.3 Å². The van der Waals surface area contributed by atoms with Gasteiger partial charge in [0.25, 0.3) is 0 Å². The van der Waals surface area contributed by atoms with E-state index in [4.69, 9.17) is 0 Å². The third-order valence-corrected chi connectivity index (χ3v) is 4.97. The van der Waals surface area contributed by atoms with E-state index in [9.17, 15) is 13.2 Å². The number of halogens is 3. The van der Waals surface area contributed by atoms with Gasteiger partial charge in [-0.3, -0.25) is 4.90 Å². The number of nitrogens with one attached hydrogen (secondary N) is 1. The smallest absolute Gasteiger partial charge is 0.312 e. The molecule has 2 nitrogen and oxygen atoms in total. The maximum Gasteiger partial charge on any atom is 0.389 e. The molecule has 1 N–H and O–H groups in total. The van der Waals surface area contributed by atoms with Crippen molar-refractivity contribution in [1.82, 2.24) is 10.2 Å². The van der Waals surface area contributed by atoms with Crippen LogP contribution < -0.4 is 5.32 Å². The highest BCUT2D eigenvalue weighted by atomic mass is 19.4. The highest BCUT2D eigenvalue weighted by molar-refractivity contribution is 5.00. The second-order valence-corrected chi connectivity index (χ2v) is 6.17. The van der Waals surface area contributed by atoms with Gasteiger partial charge >= 0.3 is 6.18 Å². The molecule has 21 heavy (non-hydrogen) atoms. The van der Waals surface area contributed by atoms with Gasteiger partial charge in [0.2, 0.25) is 0 Å². The van der Waals surface area contributed by atoms with Crippen molar-refractivity contribution in [2.75, 3.05) is 19.6 Å². The summed E-state index contributed by atoms with van der Waals surface area (Å²) in [5, 5.41) is 3.42. The summed E-state index contributed by atoms with van der Waals surface area (Å²) in [5.74, 6) is 0. The minimum atomic E-state index is -4.07. The Morgan fingerprint density at radius 3 is 2.05 bits per heavy atom. The van der Waals surface area contributed by atoms with Crippen molar-refractivity contribution in [2.24, 2.45) is 0 Å². The summed E-state index contributed by atoms with van der Waals surface area (Å²) in [6, 6.07) is -0.0767. The molecule has 0 amide bonds. The average Bonchev–Trinajstić information content (AvgIpc) is 2.96. The fourth-order valence-electron chi connectivity index (χ4n) is 3.76. The van der Waals surface area contributed by atoms with Crippen molar-refractivity contribution in [2.45, 2.75) is 83.5 Å². The summed E-state index contributed by atoms with van der Waals surface area (Å²) >= 11 is 0. The summed E-state index contributed by atoms with van der Waals surface area (Å²) < 4.78 is 38.0. The van der Waals surface area contributed by atoms with E-state index in [0.717, 1.165) is 38.9 Å². The molecule has 5 heteroatoms. The SMILES string of the molecule is CCCNC(CCC(F)(F)F)C(CC)(CC)N1CCCC1. The Morgan fingerprint density at radius 2 is 1.62 bits per heavy atom. The molecule has 0 bridgehead atoms. The molecule has 1 saturated heterocycles.